The predicted octanol–water partition coefficient (Wildman–Crippen LogP) is 3.08. The molecule has 0 fully saturated rings. The highest BCUT2D eigenvalue weighted by Gasteiger charge is 2.16. The number of nitrogens with two attached hydrogens (primary N) is 1. The fraction of sp³-hybridized carbons (Fsp3) is 0.286. The average Bonchev–Trinajstić information content (AvgIpc) is 2.81. The van der Waals surface area contributed by atoms with Gasteiger partial charge in [0.1, 0.15) is 4.88 Å². The first-order valence-corrected chi connectivity index (χ1v) is 7.16. The van der Waals surface area contributed by atoms with E-state index in [2.05, 4.69) is 10.3 Å². The van der Waals surface area contributed by atoms with Crippen LogP contribution in [0, 0.1) is 0 Å². The Morgan fingerprint density at radius 3 is 2.85 bits per heavy atom. The smallest absolute Gasteiger partial charge is 0.350 e. The third-order valence-corrected chi connectivity index (χ3v) is 3.85. The number of ether oxygens (including phenoxy) is 1. The van der Waals surface area contributed by atoms with E-state index >= 15 is 0 Å². The van der Waals surface area contributed by atoms with Crippen LogP contribution < -0.4 is 11.1 Å². The number of rotatable bonds is 5. The number of carbonyl (C=O) groups excluding carboxylic acids is 1. The normalized spacial score (nSPS) is 11.9. The number of esters is 1. The monoisotopic (exact) mass is 291 g/mol. The van der Waals surface area contributed by atoms with Gasteiger partial charge in [-0.1, -0.05) is 0 Å². The molecule has 0 aliphatic heterocycles. The molecule has 0 aliphatic rings. The maximum absolute atomic E-state index is 11.7. The van der Waals surface area contributed by atoms with Crippen LogP contribution in [-0.4, -0.2) is 17.6 Å². The molecule has 0 radical (unpaired) electrons. The van der Waals surface area contributed by atoms with E-state index in [1.54, 1.807) is 25.4 Å². The first-order chi connectivity index (χ1) is 9.61. The summed E-state index contributed by atoms with van der Waals surface area (Å²) in [6, 6.07) is 5.75. The van der Waals surface area contributed by atoms with E-state index in [-0.39, 0.29) is 12.0 Å². The van der Waals surface area contributed by atoms with Gasteiger partial charge in [0.25, 0.3) is 0 Å². The molecular formula is C14H17N3O2S. The number of hydrogen-bond donors (Lipinski definition) is 2. The molecule has 1 unspecified atom stereocenters. The lowest BCUT2D eigenvalue weighted by molar-refractivity contribution is 0.0533. The molecule has 2 aromatic rings. The van der Waals surface area contributed by atoms with Crippen molar-refractivity contribution in [2.45, 2.75) is 19.9 Å². The van der Waals surface area contributed by atoms with Crippen LogP contribution in [0.2, 0.25) is 0 Å². The topological polar surface area (TPSA) is 77.2 Å². The average molecular weight is 291 g/mol. The van der Waals surface area contributed by atoms with E-state index in [0.29, 0.717) is 17.2 Å². The summed E-state index contributed by atoms with van der Waals surface area (Å²) in [6.07, 6.45) is 3.50. The molecule has 2 rings (SSSR count). The number of anilines is 2. The van der Waals surface area contributed by atoms with Crippen LogP contribution in [0.5, 0.6) is 0 Å². The molecule has 1 atom stereocenters. The number of thiophene rings is 1. The van der Waals surface area contributed by atoms with Crippen LogP contribution in [0.1, 0.15) is 35.1 Å². The maximum Gasteiger partial charge on any atom is 0.350 e. The summed E-state index contributed by atoms with van der Waals surface area (Å²) < 4.78 is 4.97. The van der Waals surface area contributed by atoms with E-state index in [1.807, 2.05) is 19.1 Å². The standard InChI is InChI=1S/C14H17N3O2S/c1-3-19-14(18)13-11(15)8-12(20-13)17-9(2)10-4-6-16-7-5-10/h4-9,17H,3,15H2,1-2H3. The maximum atomic E-state index is 11.7. The summed E-state index contributed by atoms with van der Waals surface area (Å²) in [6.45, 7) is 4.15. The Labute approximate surface area is 121 Å². The molecule has 5 nitrogen and oxygen atoms in total. The fourth-order valence-electron chi connectivity index (χ4n) is 1.78. The van der Waals surface area contributed by atoms with E-state index in [1.165, 1.54) is 11.3 Å². The number of carbonyl (C=O) groups is 1. The number of aromatic nitrogens is 1. The highest BCUT2D eigenvalue weighted by atomic mass is 32.1. The SMILES string of the molecule is CCOC(=O)c1sc(NC(C)c2ccncc2)cc1N. The van der Waals surface area contributed by atoms with Gasteiger partial charge in [-0.25, -0.2) is 4.79 Å². The zero-order valence-corrected chi connectivity index (χ0v) is 12.2. The third kappa shape index (κ3) is 3.27. The van der Waals surface area contributed by atoms with E-state index in [9.17, 15) is 4.79 Å². The minimum absolute atomic E-state index is 0.103. The van der Waals surface area contributed by atoms with Crippen molar-refractivity contribution < 1.29 is 9.53 Å². The molecule has 0 saturated heterocycles. The van der Waals surface area contributed by atoms with Crippen LogP contribution in [0.3, 0.4) is 0 Å². The minimum atomic E-state index is -0.375. The first kappa shape index (κ1) is 14.3. The summed E-state index contributed by atoms with van der Waals surface area (Å²) in [4.78, 5) is 16.1. The number of nitrogen functional groups attached to an aromatic ring is 1. The summed E-state index contributed by atoms with van der Waals surface area (Å²) in [5, 5.41) is 4.16. The van der Waals surface area contributed by atoms with Crippen LogP contribution in [0.25, 0.3) is 0 Å². The van der Waals surface area contributed by atoms with Gasteiger partial charge >= 0.3 is 5.97 Å². The lowest BCUT2D eigenvalue weighted by Gasteiger charge is -2.13. The van der Waals surface area contributed by atoms with Gasteiger partial charge in [0.2, 0.25) is 0 Å². The molecule has 0 aromatic carbocycles. The van der Waals surface area contributed by atoms with Gasteiger partial charge in [0.05, 0.1) is 17.3 Å². The second-order valence-corrected chi connectivity index (χ2v) is 5.31. The Bertz CT molecular complexity index is 583. The molecule has 6 heteroatoms. The summed E-state index contributed by atoms with van der Waals surface area (Å²) in [7, 11) is 0. The van der Waals surface area contributed by atoms with Gasteiger partial charge in [0.15, 0.2) is 0 Å². The molecule has 0 aliphatic carbocycles. The van der Waals surface area contributed by atoms with Crippen molar-refractivity contribution in [3.63, 3.8) is 0 Å². The van der Waals surface area contributed by atoms with Crippen molar-refractivity contribution in [2.75, 3.05) is 17.7 Å². The highest BCUT2D eigenvalue weighted by molar-refractivity contribution is 7.18. The van der Waals surface area contributed by atoms with Crippen molar-refractivity contribution in [1.82, 2.24) is 4.98 Å². The largest absolute Gasteiger partial charge is 0.462 e. The molecule has 0 saturated carbocycles. The summed E-state index contributed by atoms with van der Waals surface area (Å²) in [5.74, 6) is -0.375. The Kier molecular flexibility index (Phi) is 4.57. The second-order valence-electron chi connectivity index (χ2n) is 4.26. The Morgan fingerprint density at radius 2 is 2.20 bits per heavy atom. The van der Waals surface area contributed by atoms with Crippen LogP contribution in [-0.2, 0) is 4.74 Å². The minimum Gasteiger partial charge on any atom is -0.462 e. The second kappa shape index (κ2) is 6.38. The zero-order chi connectivity index (χ0) is 14.5. The quantitative estimate of drug-likeness (QED) is 0.828. The first-order valence-electron chi connectivity index (χ1n) is 6.34. The van der Waals surface area contributed by atoms with E-state index in [0.717, 1.165) is 10.6 Å². The van der Waals surface area contributed by atoms with E-state index in [4.69, 9.17) is 10.5 Å². The predicted molar refractivity (Wildman–Crippen MR) is 81.0 cm³/mol. The number of hydrogen-bond acceptors (Lipinski definition) is 6. The number of nitrogens with one attached hydrogen (secondary N) is 1. The van der Waals surface area contributed by atoms with Crippen LogP contribution in [0.4, 0.5) is 10.7 Å². The van der Waals surface area contributed by atoms with Gasteiger partial charge in [-0.2, -0.15) is 0 Å². The number of pyridine rings is 1. The molecule has 2 heterocycles. The van der Waals surface area contributed by atoms with Crippen LogP contribution in [0.15, 0.2) is 30.6 Å². The van der Waals surface area contributed by atoms with Gasteiger partial charge in [-0.3, -0.25) is 4.98 Å². The molecular weight excluding hydrogens is 274 g/mol. The van der Waals surface area contributed by atoms with Gasteiger partial charge in [-0.15, -0.1) is 11.3 Å². The zero-order valence-electron chi connectivity index (χ0n) is 11.4. The highest BCUT2D eigenvalue weighted by Crippen LogP contribution is 2.32. The van der Waals surface area contributed by atoms with Crippen molar-refractivity contribution in [1.29, 1.82) is 0 Å². The molecule has 106 valence electrons. The molecule has 2 aromatic heterocycles. The van der Waals surface area contributed by atoms with Crippen molar-refractivity contribution in [3.8, 4) is 0 Å². The lowest BCUT2D eigenvalue weighted by atomic mass is 10.1. The lowest BCUT2D eigenvalue weighted by Crippen LogP contribution is -2.05. The Balaban J connectivity index is 2.11. The number of nitrogens with zero attached hydrogens (tertiary/aromatic N) is 1. The Morgan fingerprint density at radius 1 is 1.50 bits per heavy atom. The summed E-state index contributed by atoms with van der Waals surface area (Å²) in [5.41, 5.74) is 7.40. The molecule has 0 spiro atoms. The van der Waals surface area contributed by atoms with Crippen molar-refractivity contribution in [2.24, 2.45) is 0 Å². The van der Waals surface area contributed by atoms with Gasteiger partial charge in [0, 0.05) is 18.4 Å². The third-order valence-electron chi connectivity index (χ3n) is 2.79. The van der Waals surface area contributed by atoms with Crippen LogP contribution >= 0.6 is 11.3 Å². The fourth-order valence-corrected chi connectivity index (χ4v) is 2.74. The summed E-state index contributed by atoms with van der Waals surface area (Å²) >= 11 is 1.30. The van der Waals surface area contributed by atoms with E-state index < -0.39 is 0 Å². The Hall–Kier alpha value is -2.08. The van der Waals surface area contributed by atoms with Crippen molar-refractivity contribution >= 4 is 28.0 Å². The molecule has 3 N–H and O–H groups in total. The molecule has 0 bridgehead atoms. The van der Waals surface area contributed by atoms with Gasteiger partial charge in [-0.05, 0) is 37.6 Å². The van der Waals surface area contributed by atoms with Gasteiger partial charge < -0.3 is 15.8 Å². The van der Waals surface area contributed by atoms with Crippen molar-refractivity contribution in [3.05, 3.63) is 41.0 Å². The molecule has 20 heavy (non-hydrogen) atoms. The molecule has 0 amide bonds.